The van der Waals surface area contributed by atoms with Gasteiger partial charge in [0, 0.05) is 0 Å². The van der Waals surface area contributed by atoms with Gasteiger partial charge in [-0.05, 0) is 24.6 Å². The lowest BCUT2D eigenvalue weighted by molar-refractivity contribution is 0.324. The van der Waals surface area contributed by atoms with Gasteiger partial charge in [-0.2, -0.15) is 0 Å². The Balaban J connectivity index is 0. The summed E-state index contributed by atoms with van der Waals surface area (Å²) in [7, 11) is 4.81. The first-order valence-electron chi connectivity index (χ1n) is 3.99. The Labute approximate surface area is 93.0 Å². The molecule has 0 saturated heterocycles. The van der Waals surface area contributed by atoms with E-state index in [9.17, 15) is 0 Å². The quantitative estimate of drug-likeness (QED) is 0.772. The summed E-state index contributed by atoms with van der Waals surface area (Å²) in [6.07, 6.45) is 0. The average Bonchev–Trinajstić information content (AvgIpc) is 2.16. The topological polar surface area (TPSA) is 27.7 Å². The van der Waals surface area contributed by atoms with Crippen molar-refractivity contribution < 1.29 is 14.2 Å². The molecule has 1 aromatic carbocycles. The molecule has 0 radical (unpaired) electrons. The van der Waals surface area contributed by atoms with E-state index < -0.39 is 0 Å². The molecule has 0 aromatic heterocycles. The monoisotopic (exact) mass is 214 g/mol. The lowest BCUT2D eigenvalue weighted by Gasteiger charge is -2.12. The summed E-state index contributed by atoms with van der Waals surface area (Å²) in [6.45, 7) is 1.98. The van der Waals surface area contributed by atoms with Gasteiger partial charge in [0.1, 0.15) is 0 Å². The Morgan fingerprint density at radius 3 is 1.47 bits per heavy atom. The summed E-state index contributed by atoms with van der Waals surface area (Å²) in [6, 6.07) is 3.81. The van der Waals surface area contributed by atoms with Crippen molar-refractivity contribution in [2.75, 3.05) is 21.3 Å². The van der Waals surface area contributed by atoms with E-state index in [1.165, 1.54) is 0 Å². The normalized spacial score (nSPS) is 8.27. The molecule has 0 amide bonds. The van der Waals surface area contributed by atoms with Crippen molar-refractivity contribution in [2.45, 2.75) is 21.8 Å². The Kier molecular flexibility index (Phi) is 7.48. The average molecular weight is 214 g/mol. The van der Waals surface area contributed by atoms with Gasteiger partial charge in [0.05, 0.1) is 21.3 Å². The zero-order valence-corrected chi connectivity index (χ0v) is 8.38. The number of rotatable bonds is 3. The van der Waals surface area contributed by atoms with Crippen molar-refractivity contribution in [1.29, 1.82) is 0 Å². The molecule has 0 heterocycles. The van der Waals surface area contributed by atoms with Crippen LogP contribution in [0.3, 0.4) is 0 Å². The zero-order valence-electron chi connectivity index (χ0n) is 8.38. The van der Waals surface area contributed by atoms with Gasteiger partial charge in [-0.3, -0.25) is 0 Å². The first kappa shape index (κ1) is 16.1. The molecule has 0 fully saturated rings. The lowest BCUT2D eigenvalue weighted by atomic mass is 10.2. The molecule has 0 bridgehead atoms. The Morgan fingerprint density at radius 1 is 0.800 bits per heavy atom. The molecule has 0 N–H and O–H groups in total. The highest BCUT2D eigenvalue weighted by Gasteiger charge is 2.10. The third-order valence-corrected chi connectivity index (χ3v) is 1.81. The summed E-state index contributed by atoms with van der Waals surface area (Å²) in [5.41, 5.74) is 1.08. The number of ether oxygens (including phenoxy) is 3. The Morgan fingerprint density at radius 2 is 1.20 bits per heavy atom. The van der Waals surface area contributed by atoms with Gasteiger partial charge in [0.25, 0.3) is 0 Å². The number of methoxy groups -OCH3 is 3. The molecule has 3 heteroatoms. The van der Waals surface area contributed by atoms with Crippen LogP contribution < -0.4 is 14.2 Å². The van der Waals surface area contributed by atoms with E-state index in [0.717, 1.165) is 5.56 Å². The van der Waals surface area contributed by atoms with Crippen molar-refractivity contribution in [3.63, 3.8) is 0 Å². The number of hydrogen-bond acceptors (Lipinski definition) is 3. The van der Waals surface area contributed by atoms with Crippen LogP contribution in [0.25, 0.3) is 0 Å². The molecule has 0 aliphatic heterocycles. The number of aryl methyl sites for hydroxylation is 1. The standard InChI is InChI=1S/C10H14O3.2CH4/c1-7-5-8(11-2)10(13-4)9(6-7)12-3;;/h5-6H,1-4H3;2*1H4. The molecule has 3 nitrogen and oxygen atoms in total. The lowest BCUT2D eigenvalue weighted by Crippen LogP contribution is -1.95. The van der Waals surface area contributed by atoms with Crippen LogP contribution in [0.4, 0.5) is 0 Å². The fourth-order valence-corrected chi connectivity index (χ4v) is 1.21. The van der Waals surface area contributed by atoms with Crippen molar-refractivity contribution in [2.24, 2.45) is 0 Å². The molecule has 1 rings (SSSR count). The van der Waals surface area contributed by atoms with Gasteiger partial charge in [0.15, 0.2) is 11.5 Å². The van der Waals surface area contributed by atoms with E-state index in [-0.39, 0.29) is 14.9 Å². The molecule has 15 heavy (non-hydrogen) atoms. The summed E-state index contributed by atoms with van der Waals surface area (Å²) in [5, 5.41) is 0. The number of hydrogen-bond donors (Lipinski definition) is 0. The fraction of sp³-hybridized carbons (Fsp3) is 0.500. The molecule has 1 aromatic rings. The van der Waals surface area contributed by atoms with Crippen LogP contribution in [0.2, 0.25) is 0 Å². The summed E-state index contributed by atoms with van der Waals surface area (Å²) >= 11 is 0. The third-order valence-electron chi connectivity index (χ3n) is 1.81. The summed E-state index contributed by atoms with van der Waals surface area (Å²) in [4.78, 5) is 0. The van der Waals surface area contributed by atoms with Gasteiger partial charge in [-0.1, -0.05) is 14.9 Å². The van der Waals surface area contributed by atoms with Crippen LogP contribution in [0, 0.1) is 6.92 Å². The van der Waals surface area contributed by atoms with Crippen LogP contribution in [0.15, 0.2) is 12.1 Å². The molecule has 0 aliphatic rings. The highest BCUT2D eigenvalue weighted by Crippen LogP contribution is 2.37. The molecule has 0 aliphatic carbocycles. The number of benzene rings is 1. The molecule has 0 spiro atoms. The van der Waals surface area contributed by atoms with E-state index >= 15 is 0 Å². The molecule has 0 atom stereocenters. The smallest absolute Gasteiger partial charge is 0.203 e. The summed E-state index contributed by atoms with van der Waals surface area (Å²) in [5.74, 6) is 2.02. The molecular formula is C12H22O3. The minimum Gasteiger partial charge on any atom is -0.493 e. The molecule has 88 valence electrons. The highest BCUT2D eigenvalue weighted by atomic mass is 16.5. The maximum absolute atomic E-state index is 5.16. The SMILES string of the molecule is C.C.COc1cc(C)cc(OC)c1OC. The van der Waals surface area contributed by atoms with Crippen LogP contribution in [0.5, 0.6) is 17.2 Å². The zero-order chi connectivity index (χ0) is 9.84. The third kappa shape index (κ3) is 3.35. The maximum Gasteiger partial charge on any atom is 0.203 e. The summed E-state index contributed by atoms with van der Waals surface area (Å²) < 4.78 is 15.5. The van der Waals surface area contributed by atoms with E-state index in [0.29, 0.717) is 17.2 Å². The fourth-order valence-electron chi connectivity index (χ4n) is 1.21. The predicted octanol–water partition coefficient (Wildman–Crippen LogP) is 3.29. The van der Waals surface area contributed by atoms with Crippen LogP contribution in [0.1, 0.15) is 20.4 Å². The van der Waals surface area contributed by atoms with Crippen molar-refractivity contribution >= 4 is 0 Å². The van der Waals surface area contributed by atoms with Gasteiger partial charge >= 0.3 is 0 Å². The largest absolute Gasteiger partial charge is 0.493 e. The molecule has 0 saturated carbocycles. The van der Waals surface area contributed by atoms with Crippen LogP contribution in [-0.4, -0.2) is 21.3 Å². The van der Waals surface area contributed by atoms with Gasteiger partial charge in [-0.15, -0.1) is 0 Å². The second-order valence-corrected chi connectivity index (χ2v) is 2.70. The van der Waals surface area contributed by atoms with Crippen molar-refractivity contribution in [1.82, 2.24) is 0 Å². The van der Waals surface area contributed by atoms with E-state index in [4.69, 9.17) is 14.2 Å². The van der Waals surface area contributed by atoms with Gasteiger partial charge in [0.2, 0.25) is 5.75 Å². The Hall–Kier alpha value is -1.38. The molecular weight excluding hydrogens is 192 g/mol. The van der Waals surface area contributed by atoms with E-state index in [1.807, 2.05) is 19.1 Å². The second kappa shape index (κ2) is 6.98. The first-order chi connectivity index (χ1) is 6.22. The maximum atomic E-state index is 5.16. The second-order valence-electron chi connectivity index (χ2n) is 2.70. The minimum absolute atomic E-state index is 0. The van der Waals surface area contributed by atoms with E-state index in [1.54, 1.807) is 21.3 Å². The van der Waals surface area contributed by atoms with Crippen molar-refractivity contribution in [3.05, 3.63) is 17.7 Å². The minimum atomic E-state index is 0. The van der Waals surface area contributed by atoms with Gasteiger partial charge < -0.3 is 14.2 Å². The first-order valence-corrected chi connectivity index (χ1v) is 3.99. The molecule has 0 unspecified atom stereocenters. The van der Waals surface area contributed by atoms with Crippen LogP contribution in [-0.2, 0) is 0 Å². The van der Waals surface area contributed by atoms with Crippen LogP contribution >= 0.6 is 0 Å². The van der Waals surface area contributed by atoms with E-state index in [2.05, 4.69) is 0 Å². The van der Waals surface area contributed by atoms with Gasteiger partial charge in [-0.25, -0.2) is 0 Å². The van der Waals surface area contributed by atoms with Crippen molar-refractivity contribution in [3.8, 4) is 17.2 Å². The predicted molar refractivity (Wildman–Crippen MR) is 64.3 cm³/mol. The Bertz CT molecular complexity index is 270. The highest BCUT2D eigenvalue weighted by molar-refractivity contribution is 5.53.